The highest BCUT2D eigenvalue weighted by Crippen LogP contribution is 2.63. The van der Waals surface area contributed by atoms with Gasteiger partial charge in [-0.05, 0) is 75.4 Å². The monoisotopic (exact) mass is 818 g/mol. The number of halogens is 6. The predicted molar refractivity (Wildman–Crippen MR) is 212 cm³/mol. The molecule has 7 rings (SSSR count). The molecule has 0 heterocycles. The third-order valence-electron chi connectivity index (χ3n) is 10.1. The Morgan fingerprint density at radius 1 is 0.468 bits per heavy atom. The van der Waals surface area contributed by atoms with Crippen LogP contribution >= 0.6 is 0 Å². The number of nitriles is 7. The minimum atomic E-state index is -5.69. The van der Waals surface area contributed by atoms with Gasteiger partial charge in [-0.3, -0.25) is 0 Å². The van der Waals surface area contributed by atoms with Crippen molar-refractivity contribution in [3.05, 3.63) is 186 Å². The molecule has 14 heteroatoms. The molecule has 8 nitrogen and oxygen atoms in total. The van der Waals surface area contributed by atoms with Gasteiger partial charge in [-0.2, -0.15) is 63.2 Å². The van der Waals surface area contributed by atoms with E-state index in [-0.39, 0.29) is 44.5 Å². The highest BCUT2D eigenvalue weighted by molar-refractivity contribution is 6.35. The minimum absolute atomic E-state index is 0.0818. The van der Waals surface area contributed by atoms with Crippen LogP contribution in [-0.2, 0) is 12.4 Å². The first-order valence-corrected chi connectivity index (χ1v) is 17.7. The van der Waals surface area contributed by atoms with Gasteiger partial charge in [0.15, 0.2) is 0 Å². The van der Waals surface area contributed by atoms with Gasteiger partial charge in [0.1, 0.15) is 18.2 Å². The molecule has 2 aliphatic rings. The highest BCUT2D eigenvalue weighted by atomic mass is 19.4. The minimum Gasteiger partial charge on any atom is -0.237 e. The fraction of sp³-hybridized carbons (Fsp3) is 0.0417. The SMILES string of the molecule is [C-]#[N+]/C(=C1/C(c2ccccc2)=C(C#N)c2c1c(C(F)(F)F)c1c(c2C(F)(F)F)C(C#N)=C(c2ccccc2)/C1=C(/C#N)c1cc(C#N)cc(C#N)c1)c1cc(C#N)cc(C#N)c1. The molecule has 5 aromatic rings. The van der Waals surface area contributed by atoms with Crippen LogP contribution in [0.5, 0.6) is 0 Å². The maximum Gasteiger partial charge on any atom is 0.417 e. The van der Waals surface area contributed by atoms with Crippen molar-refractivity contribution in [2.24, 2.45) is 0 Å². The lowest BCUT2D eigenvalue weighted by Gasteiger charge is -2.25. The van der Waals surface area contributed by atoms with E-state index >= 15 is 26.3 Å². The fourth-order valence-corrected chi connectivity index (χ4v) is 7.89. The van der Waals surface area contributed by atoms with Crippen LogP contribution in [0.2, 0.25) is 0 Å². The van der Waals surface area contributed by atoms with Gasteiger partial charge in [0, 0.05) is 27.8 Å². The van der Waals surface area contributed by atoms with Gasteiger partial charge in [-0.25, -0.2) is 4.85 Å². The van der Waals surface area contributed by atoms with Crippen molar-refractivity contribution in [3.63, 3.8) is 0 Å². The molecule has 0 atom stereocenters. The molecule has 0 aromatic heterocycles. The zero-order valence-corrected chi connectivity index (χ0v) is 31.1. The summed E-state index contributed by atoms with van der Waals surface area (Å²) >= 11 is 0. The lowest BCUT2D eigenvalue weighted by molar-refractivity contribution is -0.141. The van der Waals surface area contributed by atoms with Crippen LogP contribution in [0.15, 0.2) is 97.1 Å². The maximum atomic E-state index is 16.5. The van der Waals surface area contributed by atoms with E-state index in [0.717, 1.165) is 36.4 Å². The molecule has 62 heavy (non-hydrogen) atoms. The molecule has 0 aliphatic heterocycles. The van der Waals surface area contributed by atoms with Gasteiger partial charge in [-0.1, -0.05) is 60.7 Å². The molecular weight excluding hydrogens is 803 g/mol. The van der Waals surface area contributed by atoms with Crippen LogP contribution in [0.3, 0.4) is 0 Å². The Hall–Kier alpha value is -9.44. The van der Waals surface area contributed by atoms with Crippen molar-refractivity contribution >= 4 is 44.7 Å². The highest BCUT2D eigenvalue weighted by Gasteiger charge is 2.54. The zero-order valence-electron chi connectivity index (χ0n) is 31.1. The first-order valence-electron chi connectivity index (χ1n) is 17.7. The van der Waals surface area contributed by atoms with Gasteiger partial charge in [0.25, 0.3) is 0 Å². The standard InChI is InChI=1S/C48H16F6N8/c1-62-46(32-16-27(20-57)13-28(17-32)21-58)43-37(30-10-6-3-7-11-30)35(24-61)40-42(43)45(48(52,53)54)41-38(33(22-59)31-14-25(18-55)12-26(15-31)19-56)36(29-8-4-2-5-9-29)34(23-60)39(41)44(40)47(49,50)51/h2-17H/b38-33+,46-43-. The number of allylic oxidation sites excluding steroid dienone is 7. The molecule has 0 saturated carbocycles. The summed E-state index contributed by atoms with van der Waals surface area (Å²) < 4.78 is 98.3. The van der Waals surface area contributed by atoms with Gasteiger partial charge in [0.2, 0.25) is 5.70 Å². The number of alkyl halides is 6. The Bertz CT molecular complexity index is 3060. The summed E-state index contributed by atoms with van der Waals surface area (Å²) in [4.78, 5) is 3.52. The van der Waals surface area contributed by atoms with Crippen molar-refractivity contribution < 1.29 is 26.3 Å². The third-order valence-corrected chi connectivity index (χ3v) is 10.1. The smallest absolute Gasteiger partial charge is 0.237 e. The Morgan fingerprint density at radius 3 is 1.19 bits per heavy atom. The summed E-state index contributed by atoms with van der Waals surface area (Å²) in [6.07, 6.45) is -11.3. The van der Waals surface area contributed by atoms with Gasteiger partial charge in [0.05, 0.1) is 80.9 Å². The van der Waals surface area contributed by atoms with Crippen molar-refractivity contribution in [2.45, 2.75) is 12.4 Å². The Kier molecular flexibility index (Phi) is 10.1. The van der Waals surface area contributed by atoms with Crippen LogP contribution in [0.1, 0.15) is 77.9 Å². The van der Waals surface area contributed by atoms with Crippen LogP contribution in [0, 0.1) is 85.9 Å². The number of benzene rings is 5. The largest absolute Gasteiger partial charge is 0.417 e. The summed E-state index contributed by atoms with van der Waals surface area (Å²) in [6.45, 7) is 8.36. The number of hydrogen-bond donors (Lipinski definition) is 0. The van der Waals surface area contributed by atoms with Gasteiger partial charge >= 0.3 is 12.4 Å². The van der Waals surface area contributed by atoms with Crippen LogP contribution in [0.4, 0.5) is 26.3 Å². The number of nitrogens with zero attached hydrogens (tertiary/aromatic N) is 8. The van der Waals surface area contributed by atoms with E-state index < -0.39 is 90.4 Å². The molecule has 0 amide bonds. The first-order chi connectivity index (χ1) is 29.7. The Balaban J connectivity index is 1.88. The number of hydrogen-bond acceptors (Lipinski definition) is 7. The molecule has 0 radical (unpaired) electrons. The molecule has 0 bridgehead atoms. The lowest BCUT2D eigenvalue weighted by atomic mass is 9.80. The molecular formula is C48H16F6N8. The number of fused-ring (bicyclic) bond motifs is 2. The summed E-state index contributed by atoms with van der Waals surface area (Å²) in [5, 5.41) is 71.8. The Labute approximate surface area is 348 Å². The second-order valence-electron chi connectivity index (χ2n) is 13.4. The van der Waals surface area contributed by atoms with Crippen molar-refractivity contribution in [3.8, 4) is 42.5 Å². The van der Waals surface area contributed by atoms with E-state index in [2.05, 4.69) is 4.85 Å². The van der Waals surface area contributed by atoms with E-state index in [1.807, 2.05) is 0 Å². The zero-order chi connectivity index (χ0) is 44.7. The van der Waals surface area contributed by atoms with Crippen LogP contribution in [-0.4, -0.2) is 0 Å². The van der Waals surface area contributed by atoms with Crippen LogP contribution in [0.25, 0.3) is 49.6 Å². The van der Waals surface area contributed by atoms with Gasteiger partial charge in [-0.15, -0.1) is 0 Å². The van der Waals surface area contributed by atoms with Crippen molar-refractivity contribution in [2.75, 3.05) is 0 Å². The quantitative estimate of drug-likeness (QED) is 0.0986. The molecule has 0 spiro atoms. The molecule has 0 saturated heterocycles. The molecule has 290 valence electrons. The summed E-state index contributed by atoms with van der Waals surface area (Å²) in [5.74, 6) is 0. The van der Waals surface area contributed by atoms with Gasteiger partial charge < -0.3 is 0 Å². The third kappa shape index (κ3) is 6.47. The van der Waals surface area contributed by atoms with E-state index in [1.54, 1.807) is 42.5 Å². The average Bonchev–Trinajstić information content (AvgIpc) is 3.78. The number of rotatable bonds is 4. The lowest BCUT2D eigenvalue weighted by Crippen LogP contribution is -2.20. The van der Waals surface area contributed by atoms with E-state index in [9.17, 15) is 36.8 Å². The second kappa shape index (κ2) is 15.4. The van der Waals surface area contributed by atoms with Crippen molar-refractivity contribution in [1.29, 1.82) is 36.8 Å². The second-order valence-corrected chi connectivity index (χ2v) is 13.4. The van der Waals surface area contributed by atoms with Crippen molar-refractivity contribution in [1.82, 2.24) is 0 Å². The summed E-state index contributed by atoms with van der Waals surface area (Å²) in [6, 6.07) is 32.7. The van der Waals surface area contributed by atoms with E-state index in [1.165, 1.54) is 60.7 Å². The maximum absolute atomic E-state index is 16.5. The molecule has 2 aliphatic carbocycles. The average molecular weight is 819 g/mol. The fourth-order valence-electron chi connectivity index (χ4n) is 7.89. The molecule has 0 unspecified atom stereocenters. The summed E-state index contributed by atoms with van der Waals surface area (Å²) in [5.41, 5.74) is -16.6. The normalized spacial score (nSPS) is 14.4. The predicted octanol–water partition coefficient (Wildman–Crippen LogP) is 11.3. The Morgan fingerprint density at radius 2 is 0.839 bits per heavy atom. The summed E-state index contributed by atoms with van der Waals surface area (Å²) in [7, 11) is 0. The van der Waals surface area contributed by atoms with Crippen LogP contribution < -0.4 is 0 Å². The topological polar surface area (TPSA) is 171 Å². The first kappa shape index (κ1) is 40.7. The molecule has 5 aromatic carbocycles. The molecule has 0 fully saturated rings. The molecule has 0 N–H and O–H groups in total. The van der Waals surface area contributed by atoms with E-state index in [4.69, 9.17) is 6.57 Å². The van der Waals surface area contributed by atoms with E-state index in [0.29, 0.717) is 0 Å².